The molecule has 2 N–H and O–H groups in total. The molecule has 0 radical (unpaired) electrons. The lowest BCUT2D eigenvalue weighted by Gasteiger charge is -2.05. The minimum Gasteiger partial charge on any atom is -0.497 e. The summed E-state index contributed by atoms with van der Waals surface area (Å²) in [7, 11) is 1.65. The predicted molar refractivity (Wildman–Crippen MR) is 74.0 cm³/mol. The van der Waals surface area contributed by atoms with Crippen LogP contribution in [0.15, 0.2) is 42.6 Å². The first-order valence-corrected chi connectivity index (χ1v) is 5.98. The summed E-state index contributed by atoms with van der Waals surface area (Å²) in [6, 6.07) is 11.6. The van der Waals surface area contributed by atoms with Crippen LogP contribution in [-0.2, 0) is 6.54 Å². The number of aromatic nitrogens is 3. The Morgan fingerprint density at radius 1 is 1.21 bits per heavy atom. The van der Waals surface area contributed by atoms with Crippen molar-refractivity contribution in [1.29, 1.82) is 0 Å². The van der Waals surface area contributed by atoms with Gasteiger partial charge in [-0.05, 0) is 29.8 Å². The summed E-state index contributed by atoms with van der Waals surface area (Å²) < 4.78 is 6.90. The number of fused-ring (bicyclic) bond motifs is 1. The average Bonchev–Trinajstić information content (AvgIpc) is 2.77. The Hall–Kier alpha value is -2.56. The molecule has 96 valence electrons. The van der Waals surface area contributed by atoms with Gasteiger partial charge in [-0.15, -0.1) is 0 Å². The van der Waals surface area contributed by atoms with E-state index in [0.29, 0.717) is 18.0 Å². The second-order valence-electron chi connectivity index (χ2n) is 4.27. The van der Waals surface area contributed by atoms with Gasteiger partial charge in [-0.2, -0.15) is 5.10 Å². The number of ether oxygens (including phenoxy) is 1. The van der Waals surface area contributed by atoms with Gasteiger partial charge in [-0.3, -0.25) is 0 Å². The van der Waals surface area contributed by atoms with Gasteiger partial charge < -0.3 is 10.5 Å². The van der Waals surface area contributed by atoms with E-state index in [9.17, 15) is 0 Å². The Morgan fingerprint density at radius 3 is 2.68 bits per heavy atom. The predicted octanol–water partition coefficient (Wildman–Crippen LogP) is 2.07. The third-order valence-corrected chi connectivity index (χ3v) is 3.05. The van der Waals surface area contributed by atoms with E-state index >= 15 is 0 Å². The van der Waals surface area contributed by atoms with Gasteiger partial charge in [0.1, 0.15) is 11.6 Å². The molecule has 0 fully saturated rings. The van der Waals surface area contributed by atoms with Crippen LogP contribution in [0.25, 0.3) is 11.0 Å². The van der Waals surface area contributed by atoms with Gasteiger partial charge >= 0.3 is 0 Å². The molecule has 2 aromatic heterocycles. The lowest BCUT2D eigenvalue weighted by Crippen LogP contribution is -2.05. The standard InChI is InChI=1S/C14H14N4O/c1-19-11-6-4-10(5-7-11)9-18-13(15)12-3-2-8-16-14(12)17-18/h2-8H,9,15H2,1H3. The zero-order chi connectivity index (χ0) is 13.2. The van der Waals surface area contributed by atoms with Gasteiger partial charge in [0.25, 0.3) is 0 Å². The fraction of sp³-hybridized carbons (Fsp3) is 0.143. The van der Waals surface area contributed by atoms with Gasteiger partial charge in [-0.25, -0.2) is 9.67 Å². The molecular weight excluding hydrogens is 240 g/mol. The van der Waals surface area contributed by atoms with Crippen molar-refractivity contribution in [3.05, 3.63) is 48.2 Å². The third-order valence-electron chi connectivity index (χ3n) is 3.05. The van der Waals surface area contributed by atoms with Crippen molar-refractivity contribution in [2.45, 2.75) is 6.54 Å². The van der Waals surface area contributed by atoms with Crippen LogP contribution in [-0.4, -0.2) is 21.9 Å². The summed E-state index contributed by atoms with van der Waals surface area (Å²) in [5.41, 5.74) is 7.86. The molecule has 2 heterocycles. The van der Waals surface area contributed by atoms with Crippen LogP contribution in [0.4, 0.5) is 5.82 Å². The maximum atomic E-state index is 6.08. The molecule has 0 unspecified atom stereocenters. The second-order valence-corrected chi connectivity index (χ2v) is 4.27. The molecule has 0 saturated carbocycles. The van der Waals surface area contributed by atoms with Gasteiger partial charge in [0.05, 0.1) is 19.0 Å². The zero-order valence-electron chi connectivity index (χ0n) is 10.6. The Morgan fingerprint density at radius 2 is 2.00 bits per heavy atom. The lowest BCUT2D eigenvalue weighted by atomic mass is 10.2. The van der Waals surface area contributed by atoms with E-state index in [1.54, 1.807) is 18.0 Å². The first-order chi connectivity index (χ1) is 9.28. The minimum absolute atomic E-state index is 0.617. The first-order valence-electron chi connectivity index (χ1n) is 5.98. The summed E-state index contributed by atoms with van der Waals surface area (Å²) in [6.45, 7) is 0.617. The number of rotatable bonds is 3. The molecule has 0 bridgehead atoms. The first kappa shape index (κ1) is 11.5. The van der Waals surface area contributed by atoms with Crippen LogP contribution in [0.1, 0.15) is 5.56 Å². The van der Waals surface area contributed by atoms with E-state index in [1.165, 1.54) is 0 Å². The minimum atomic E-state index is 0.617. The fourth-order valence-corrected chi connectivity index (χ4v) is 2.01. The van der Waals surface area contributed by atoms with Crippen LogP contribution in [0.5, 0.6) is 5.75 Å². The second kappa shape index (κ2) is 4.61. The van der Waals surface area contributed by atoms with Crippen LogP contribution in [0.2, 0.25) is 0 Å². The molecule has 0 amide bonds. The number of hydrogen-bond donors (Lipinski definition) is 1. The quantitative estimate of drug-likeness (QED) is 0.777. The highest BCUT2D eigenvalue weighted by molar-refractivity contribution is 5.85. The topological polar surface area (TPSA) is 66.0 Å². The number of nitrogen functional groups attached to an aromatic ring is 1. The molecule has 0 aliphatic carbocycles. The van der Waals surface area contributed by atoms with Crippen molar-refractivity contribution in [3.8, 4) is 5.75 Å². The van der Waals surface area contributed by atoms with Crippen LogP contribution in [0.3, 0.4) is 0 Å². The van der Waals surface area contributed by atoms with Crippen LogP contribution >= 0.6 is 0 Å². The summed E-state index contributed by atoms with van der Waals surface area (Å²) in [5.74, 6) is 1.47. The summed E-state index contributed by atoms with van der Waals surface area (Å²) in [6.07, 6.45) is 1.71. The molecule has 0 spiro atoms. The number of nitrogens with two attached hydrogens (primary N) is 1. The maximum absolute atomic E-state index is 6.08. The molecule has 19 heavy (non-hydrogen) atoms. The molecule has 1 aromatic carbocycles. The van der Waals surface area contributed by atoms with Gasteiger partial charge in [0.2, 0.25) is 0 Å². The number of hydrogen-bond acceptors (Lipinski definition) is 4. The van der Waals surface area contributed by atoms with Gasteiger partial charge in [0.15, 0.2) is 5.65 Å². The molecule has 3 rings (SSSR count). The number of methoxy groups -OCH3 is 1. The maximum Gasteiger partial charge on any atom is 0.183 e. The molecule has 5 heteroatoms. The van der Waals surface area contributed by atoms with E-state index in [4.69, 9.17) is 10.5 Å². The number of nitrogens with zero attached hydrogens (tertiary/aromatic N) is 3. The van der Waals surface area contributed by atoms with Crippen molar-refractivity contribution in [3.63, 3.8) is 0 Å². The van der Waals surface area contributed by atoms with Gasteiger partial charge in [-0.1, -0.05) is 12.1 Å². The van der Waals surface area contributed by atoms with E-state index in [1.807, 2.05) is 36.4 Å². The fourth-order valence-electron chi connectivity index (χ4n) is 2.01. The SMILES string of the molecule is COc1ccc(Cn2nc3ncccc3c2N)cc1. The average molecular weight is 254 g/mol. The molecule has 3 aromatic rings. The normalized spacial score (nSPS) is 10.8. The Labute approximate surface area is 110 Å². The molecule has 0 aliphatic heterocycles. The number of pyridine rings is 1. The summed E-state index contributed by atoms with van der Waals surface area (Å²) in [5, 5.41) is 5.28. The van der Waals surface area contributed by atoms with E-state index in [2.05, 4.69) is 10.1 Å². The number of benzene rings is 1. The Balaban J connectivity index is 1.94. The molecule has 0 aliphatic rings. The van der Waals surface area contributed by atoms with E-state index < -0.39 is 0 Å². The molecular formula is C14H14N4O. The van der Waals surface area contributed by atoms with Crippen molar-refractivity contribution < 1.29 is 4.74 Å². The van der Waals surface area contributed by atoms with Gasteiger partial charge in [0, 0.05) is 6.20 Å². The highest BCUT2D eigenvalue weighted by atomic mass is 16.5. The van der Waals surface area contributed by atoms with Crippen LogP contribution < -0.4 is 10.5 Å². The molecule has 5 nitrogen and oxygen atoms in total. The summed E-state index contributed by atoms with van der Waals surface area (Å²) in [4.78, 5) is 4.20. The van der Waals surface area contributed by atoms with E-state index in [-0.39, 0.29) is 0 Å². The van der Waals surface area contributed by atoms with E-state index in [0.717, 1.165) is 16.7 Å². The Bertz CT molecular complexity index is 703. The van der Waals surface area contributed by atoms with Crippen molar-refractivity contribution in [2.24, 2.45) is 0 Å². The molecule has 0 atom stereocenters. The largest absolute Gasteiger partial charge is 0.497 e. The summed E-state index contributed by atoms with van der Waals surface area (Å²) >= 11 is 0. The Kier molecular flexibility index (Phi) is 2.79. The zero-order valence-corrected chi connectivity index (χ0v) is 10.6. The van der Waals surface area contributed by atoms with Crippen molar-refractivity contribution in [2.75, 3.05) is 12.8 Å². The molecule has 0 saturated heterocycles. The highest BCUT2D eigenvalue weighted by Crippen LogP contribution is 2.20. The number of anilines is 1. The van der Waals surface area contributed by atoms with Crippen LogP contribution in [0, 0.1) is 0 Å². The lowest BCUT2D eigenvalue weighted by molar-refractivity contribution is 0.414. The smallest absolute Gasteiger partial charge is 0.183 e. The monoisotopic (exact) mass is 254 g/mol. The van der Waals surface area contributed by atoms with Crippen molar-refractivity contribution >= 4 is 16.9 Å². The highest BCUT2D eigenvalue weighted by Gasteiger charge is 2.08. The van der Waals surface area contributed by atoms with Crippen molar-refractivity contribution in [1.82, 2.24) is 14.8 Å². The third kappa shape index (κ3) is 2.10.